The van der Waals surface area contributed by atoms with Crippen LogP contribution in [0.25, 0.3) is 0 Å². The highest BCUT2D eigenvalue weighted by atomic mass is 16.5. The number of methoxy groups -OCH3 is 2. The molecule has 0 bridgehead atoms. The molecule has 1 fully saturated rings. The van der Waals surface area contributed by atoms with Gasteiger partial charge in [0.15, 0.2) is 11.5 Å². The highest BCUT2D eigenvalue weighted by molar-refractivity contribution is 5.81. The number of benzene rings is 2. The molecule has 0 aliphatic carbocycles. The van der Waals surface area contributed by atoms with Crippen molar-refractivity contribution in [3.63, 3.8) is 0 Å². The topological polar surface area (TPSA) is 54.0 Å². The van der Waals surface area contributed by atoms with Crippen molar-refractivity contribution >= 4 is 17.3 Å². The summed E-state index contributed by atoms with van der Waals surface area (Å²) in [4.78, 5) is 16.7. The molecule has 138 valence electrons. The number of ether oxygens (including phenoxy) is 2. The number of carbonyl (C=O) groups is 1. The van der Waals surface area contributed by atoms with Crippen molar-refractivity contribution in [1.29, 1.82) is 0 Å². The summed E-state index contributed by atoms with van der Waals surface area (Å²) in [7, 11) is 3.20. The number of piperazine rings is 1. The highest BCUT2D eigenvalue weighted by Gasteiger charge is 2.21. The lowest BCUT2D eigenvalue weighted by Gasteiger charge is -2.36. The van der Waals surface area contributed by atoms with Gasteiger partial charge in [-0.15, -0.1) is 0 Å². The molecule has 26 heavy (non-hydrogen) atoms. The van der Waals surface area contributed by atoms with Crippen LogP contribution in [0.15, 0.2) is 48.5 Å². The van der Waals surface area contributed by atoms with Crippen molar-refractivity contribution in [3.8, 4) is 11.5 Å². The molecule has 0 saturated carbocycles. The number of carbonyl (C=O) groups excluding carboxylic acids is 1. The number of nitrogens with zero attached hydrogens (tertiary/aromatic N) is 2. The summed E-state index contributed by atoms with van der Waals surface area (Å²) in [5.74, 6) is 1.41. The standard InChI is InChI=1S/C20H25N3O3/c1-25-18-9-8-16(14-19(18)26-2)21-15-20(24)23-12-10-22(11-13-23)17-6-4-3-5-7-17/h3-9,14,21H,10-13,15H2,1-2H3. The second kappa shape index (κ2) is 8.47. The molecule has 2 aromatic carbocycles. The number of hydrogen-bond acceptors (Lipinski definition) is 5. The molecular weight excluding hydrogens is 330 g/mol. The van der Waals surface area contributed by atoms with Crippen LogP contribution in [0.5, 0.6) is 11.5 Å². The van der Waals surface area contributed by atoms with Crippen LogP contribution < -0.4 is 19.7 Å². The molecule has 0 unspecified atom stereocenters. The third-order valence-electron chi connectivity index (χ3n) is 4.58. The van der Waals surface area contributed by atoms with E-state index in [9.17, 15) is 4.79 Å². The van der Waals surface area contributed by atoms with Gasteiger partial charge >= 0.3 is 0 Å². The van der Waals surface area contributed by atoms with Gasteiger partial charge in [-0.05, 0) is 24.3 Å². The van der Waals surface area contributed by atoms with E-state index in [2.05, 4.69) is 22.3 Å². The first-order valence-corrected chi connectivity index (χ1v) is 8.75. The van der Waals surface area contributed by atoms with Crippen LogP contribution in [0.2, 0.25) is 0 Å². The lowest BCUT2D eigenvalue weighted by atomic mass is 10.2. The van der Waals surface area contributed by atoms with E-state index in [1.54, 1.807) is 14.2 Å². The number of nitrogens with one attached hydrogen (secondary N) is 1. The van der Waals surface area contributed by atoms with Gasteiger partial charge in [-0.3, -0.25) is 4.79 Å². The third-order valence-corrected chi connectivity index (χ3v) is 4.58. The maximum Gasteiger partial charge on any atom is 0.241 e. The molecule has 0 atom stereocenters. The number of para-hydroxylation sites is 1. The van der Waals surface area contributed by atoms with E-state index >= 15 is 0 Å². The molecule has 6 nitrogen and oxygen atoms in total. The maximum atomic E-state index is 12.5. The fourth-order valence-corrected chi connectivity index (χ4v) is 3.09. The van der Waals surface area contributed by atoms with Crippen LogP contribution in [0.3, 0.4) is 0 Å². The summed E-state index contributed by atoms with van der Waals surface area (Å²) in [6.45, 7) is 3.45. The van der Waals surface area contributed by atoms with E-state index in [4.69, 9.17) is 9.47 Å². The zero-order valence-electron chi connectivity index (χ0n) is 15.3. The van der Waals surface area contributed by atoms with Gasteiger partial charge in [-0.2, -0.15) is 0 Å². The van der Waals surface area contributed by atoms with E-state index in [-0.39, 0.29) is 12.5 Å². The Labute approximate surface area is 154 Å². The van der Waals surface area contributed by atoms with E-state index in [1.165, 1.54) is 5.69 Å². The second-order valence-corrected chi connectivity index (χ2v) is 6.13. The zero-order valence-corrected chi connectivity index (χ0v) is 15.3. The van der Waals surface area contributed by atoms with Gasteiger partial charge in [-0.1, -0.05) is 18.2 Å². The van der Waals surface area contributed by atoms with Gasteiger partial charge in [-0.25, -0.2) is 0 Å². The molecule has 0 aromatic heterocycles. The molecule has 1 aliphatic rings. The van der Waals surface area contributed by atoms with Crippen molar-refractivity contribution in [2.24, 2.45) is 0 Å². The lowest BCUT2D eigenvalue weighted by molar-refractivity contribution is -0.129. The van der Waals surface area contributed by atoms with Crippen LogP contribution in [0, 0.1) is 0 Å². The van der Waals surface area contributed by atoms with Gasteiger partial charge in [0.2, 0.25) is 5.91 Å². The van der Waals surface area contributed by atoms with Crippen molar-refractivity contribution < 1.29 is 14.3 Å². The first-order chi connectivity index (χ1) is 12.7. The molecule has 1 amide bonds. The summed E-state index contributed by atoms with van der Waals surface area (Å²) in [6, 6.07) is 15.8. The second-order valence-electron chi connectivity index (χ2n) is 6.13. The van der Waals surface area contributed by atoms with Crippen LogP contribution in [0.4, 0.5) is 11.4 Å². The molecule has 3 rings (SSSR count). The minimum absolute atomic E-state index is 0.104. The van der Waals surface area contributed by atoms with Crippen LogP contribution in [0.1, 0.15) is 0 Å². The van der Waals surface area contributed by atoms with Gasteiger partial charge in [0.05, 0.1) is 20.8 Å². The Bertz CT molecular complexity index is 728. The molecule has 0 spiro atoms. The minimum atomic E-state index is 0.104. The smallest absolute Gasteiger partial charge is 0.241 e. The van der Waals surface area contributed by atoms with E-state index in [1.807, 2.05) is 41.3 Å². The molecule has 2 aromatic rings. The van der Waals surface area contributed by atoms with Crippen LogP contribution in [-0.4, -0.2) is 57.8 Å². The third kappa shape index (κ3) is 4.20. The summed E-state index contributed by atoms with van der Waals surface area (Å²) in [5, 5.41) is 3.17. The number of rotatable bonds is 6. The van der Waals surface area contributed by atoms with Gasteiger partial charge in [0.25, 0.3) is 0 Å². The first-order valence-electron chi connectivity index (χ1n) is 8.75. The average Bonchev–Trinajstić information content (AvgIpc) is 2.72. The summed E-state index contributed by atoms with van der Waals surface area (Å²) < 4.78 is 10.5. The van der Waals surface area contributed by atoms with Crippen LogP contribution in [-0.2, 0) is 4.79 Å². The van der Waals surface area contributed by atoms with Crippen molar-refractivity contribution in [3.05, 3.63) is 48.5 Å². The Hall–Kier alpha value is -2.89. The molecular formula is C20H25N3O3. The first kappa shape index (κ1) is 17.9. The Morgan fingerprint density at radius 1 is 0.962 bits per heavy atom. The highest BCUT2D eigenvalue weighted by Crippen LogP contribution is 2.29. The summed E-state index contributed by atoms with van der Waals surface area (Å²) in [5.41, 5.74) is 2.04. The quantitative estimate of drug-likeness (QED) is 0.863. The number of amides is 1. The molecule has 1 saturated heterocycles. The van der Waals surface area contributed by atoms with Crippen molar-refractivity contribution in [2.45, 2.75) is 0 Å². The monoisotopic (exact) mass is 355 g/mol. The summed E-state index contributed by atoms with van der Waals surface area (Å²) in [6.07, 6.45) is 0. The lowest BCUT2D eigenvalue weighted by Crippen LogP contribution is -2.50. The fourth-order valence-electron chi connectivity index (χ4n) is 3.09. The Morgan fingerprint density at radius 3 is 2.31 bits per heavy atom. The maximum absolute atomic E-state index is 12.5. The van der Waals surface area contributed by atoms with Gasteiger partial charge in [0, 0.05) is 43.6 Å². The molecule has 1 N–H and O–H groups in total. The Kier molecular flexibility index (Phi) is 5.84. The Balaban J connectivity index is 1.50. The fraction of sp³-hybridized carbons (Fsp3) is 0.350. The molecule has 0 radical (unpaired) electrons. The van der Waals surface area contributed by atoms with E-state index in [0.29, 0.717) is 11.5 Å². The van der Waals surface area contributed by atoms with Crippen LogP contribution >= 0.6 is 0 Å². The molecule has 1 aliphatic heterocycles. The largest absolute Gasteiger partial charge is 0.493 e. The SMILES string of the molecule is COc1ccc(NCC(=O)N2CCN(c3ccccc3)CC2)cc1OC. The Morgan fingerprint density at radius 2 is 1.65 bits per heavy atom. The van der Waals surface area contributed by atoms with E-state index < -0.39 is 0 Å². The summed E-state index contributed by atoms with van der Waals surface area (Å²) >= 11 is 0. The van der Waals surface area contributed by atoms with Crippen molar-refractivity contribution in [2.75, 3.05) is 57.2 Å². The van der Waals surface area contributed by atoms with Crippen molar-refractivity contribution in [1.82, 2.24) is 4.90 Å². The van der Waals surface area contributed by atoms with Gasteiger partial charge < -0.3 is 24.6 Å². The average molecular weight is 355 g/mol. The molecule has 6 heteroatoms. The zero-order chi connectivity index (χ0) is 18.4. The van der Waals surface area contributed by atoms with E-state index in [0.717, 1.165) is 31.9 Å². The predicted molar refractivity (Wildman–Crippen MR) is 103 cm³/mol. The normalized spacial score (nSPS) is 14.1. The van der Waals surface area contributed by atoms with Gasteiger partial charge in [0.1, 0.15) is 0 Å². The predicted octanol–water partition coefficient (Wildman–Crippen LogP) is 2.46. The minimum Gasteiger partial charge on any atom is -0.493 e. The number of anilines is 2. The number of hydrogen-bond donors (Lipinski definition) is 1. The molecule has 1 heterocycles.